The van der Waals surface area contributed by atoms with Gasteiger partial charge in [0.25, 0.3) is 0 Å². The van der Waals surface area contributed by atoms with Crippen molar-refractivity contribution in [3.63, 3.8) is 0 Å². The third-order valence-corrected chi connectivity index (χ3v) is 2.40. The lowest BCUT2D eigenvalue weighted by Gasteiger charge is -2.12. The van der Waals surface area contributed by atoms with Crippen LogP contribution in [0.3, 0.4) is 0 Å². The molecule has 0 aliphatic carbocycles. The van der Waals surface area contributed by atoms with Crippen molar-refractivity contribution >= 4 is 0 Å². The van der Waals surface area contributed by atoms with Crippen molar-refractivity contribution in [3.8, 4) is 0 Å². The molecular formula is C11H15F2NO. The first-order valence-electron chi connectivity index (χ1n) is 4.83. The summed E-state index contributed by atoms with van der Waals surface area (Å²) in [5.41, 5.74) is 6.31. The summed E-state index contributed by atoms with van der Waals surface area (Å²) in [6, 6.07) is 2.76. The summed E-state index contributed by atoms with van der Waals surface area (Å²) < 4.78 is 25.7. The molecule has 1 unspecified atom stereocenters. The highest BCUT2D eigenvalue weighted by Gasteiger charge is 2.12. The van der Waals surface area contributed by atoms with Crippen LogP contribution in [0.25, 0.3) is 0 Å². The van der Waals surface area contributed by atoms with Crippen LogP contribution in [-0.4, -0.2) is 11.7 Å². The van der Waals surface area contributed by atoms with Crippen LogP contribution in [0.5, 0.6) is 0 Å². The number of nitrogens with two attached hydrogens (primary N) is 1. The number of rotatable bonds is 4. The average Bonchev–Trinajstić information content (AvgIpc) is 2.17. The lowest BCUT2D eigenvalue weighted by atomic mass is 10.00. The summed E-state index contributed by atoms with van der Waals surface area (Å²) >= 11 is 0. The first-order chi connectivity index (χ1) is 7.10. The van der Waals surface area contributed by atoms with E-state index in [2.05, 4.69) is 0 Å². The second-order valence-corrected chi connectivity index (χ2v) is 3.52. The normalized spacial score (nSPS) is 12.9. The molecule has 15 heavy (non-hydrogen) atoms. The molecule has 1 aromatic rings. The molecule has 0 radical (unpaired) electrons. The zero-order chi connectivity index (χ0) is 11.4. The molecule has 2 nitrogen and oxygen atoms in total. The molecule has 0 bridgehead atoms. The van der Waals surface area contributed by atoms with E-state index in [1.807, 2.05) is 0 Å². The van der Waals surface area contributed by atoms with Gasteiger partial charge in [-0.05, 0) is 37.1 Å². The summed E-state index contributed by atoms with van der Waals surface area (Å²) in [5.74, 6) is -0.608. The monoisotopic (exact) mass is 215 g/mol. The van der Waals surface area contributed by atoms with Crippen molar-refractivity contribution in [2.24, 2.45) is 5.73 Å². The average molecular weight is 215 g/mol. The Morgan fingerprint density at radius 2 is 2.13 bits per heavy atom. The summed E-state index contributed by atoms with van der Waals surface area (Å²) in [6.45, 7) is 1.12. The number of aryl methyl sites for hydroxylation is 1. The third-order valence-electron chi connectivity index (χ3n) is 2.40. The maximum Gasteiger partial charge on any atom is 0.129 e. The van der Waals surface area contributed by atoms with Gasteiger partial charge in [0.05, 0.1) is 6.10 Å². The van der Waals surface area contributed by atoms with E-state index in [1.165, 1.54) is 6.07 Å². The summed E-state index contributed by atoms with van der Waals surface area (Å²) in [7, 11) is 0. The van der Waals surface area contributed by atoms with Gasteiger partial charge >= 0.3 is 0 Å². The Hall–Kier alpha value is -1.00. The maximum absolute atomic E-state index is 13.3. The minimum atomic E-state index is -0.828. The number of aliphatic hydroxyl groups excluding tert-OH is 1. The molecule has 0 heterocycles. The van der Waals surface area contributed by atoms with Gasteiger partial charge in [0, 0.05) is 5.56 Å². The van der Waals surface area contributed by atoms with Crippen molar-refractivity contribution < 1.29 is 13.9 Å². The predicted octanol–water partition coefficient (Wildman–Crippen LogP) is 1.99. The zero-order valence-corrected chi connectivity index (χ0v) is 8.63. The van der Waals surface area contributed by atoms with Gasteiger partial charge < -0.3 is 10.8 Å². The molecule has 0 saturated heterocycles. The van der Waals surface area contributed by atoms with Gasteiger partial charge in [-0.3, -0.25) is 0 Å². The zero-order valence-electron chi connectivity index (χ0n) is 8.63. The Labute approximate surface area is 87.7 Å². The Bertz CT molecular complexity index is 318. The molecule has 1 aromatic carbocycles. The molecule has 1 atom stereocenters. The Morgan fingerprint density at radius 1 is 1.47 bits per heavy atom. The SMILES string of the molecule is Cc1cc(C(O)CCN)cc(F)c1CF. The molecule has 0 aliphatic heterocycles. The van der Waals surface area contributed by atoms with Gasteiger partial charge in [0.2, 0.25) is 0 Å². The maximum atomic E-state index is 13.3. The van der Waals surface area contributed by atoms with Crippen LogP contribution in [0.2, 0.25) is 0 Å². The highest BCUT2D eigenvalue weighted by Crippen LogP contribution is 2.23. The molecule has 84 valence electrons. The minimum absolute atomic E-state index is 0.0544. The van der Waals surface area contributed by atoms with Gasteiger partial charge in [-0.1, -0.05) is 6.07 Å². The minimum Gasteiger partial charge on any atom is -0.388 e. The number of hydrogen-bond acceptors (Lipinski definition) is 2. The van der Waals surface area contributed by atoms with Gasteiger partial charge in [0.15, 0.2) is 0 Å². The largest absolute Gasteiger partial charge is 0.388 e. The van der Waals surface area contributed by atoms with Crippen LogP contribution in [0.1, 0.15) is 29.2 Å². The molecule has 1 rings (SSSR count). The lowest BCUT2D eigenvalue weighted by molar-refractivity contribution is 0.169. The van der Waals surface area contributed by atoms with E-state index in [0.717, 1.165) is 0 Å². The first-order valence-corrected chi connectivity index (χ1v) is 4.83. The van der Waals surface area contributed by atoms with Crippen LogP contribution in [0.4, 0.5) is 8.78 Å². The molecule has 0 aromatic heterocycles. The topological polar surface area (TPSA) is 46.2 Å². The molecule has 4 heteroatoms. The van der Waals surface area contributed by atoms with Crippen molar-refractivity contribution in [2.75, 3.05) is 6.54 Å². The van der Waals surface area contributed by atoms with Crippen LogP contribution < -0.4 is 5.73 Å². The molecule has 0 amide bonds. The number of aliphatic hydroxyl groups is 1. The second-order valence-electron chi connectivity index (χ2n) is 3.52. The molecule has 0 spiro atoms. The summed E-state index contributed by atoms with van der Waals surface area (Å²) in [4.78, 5) is 0. The smallest absolute Gasteiger partial charge is 0.129 e. The predicted molar refractivity (Wildman–Crippen MR) is 54.6 cm³/mol. The molecule has 3 N–H and O–H groups in total. The van der Waals surface area contributed by atoms with Gasteiger partial charge in [0.1, 0.15) is 12.5 Å². The second kappa shape index (κ2) is 5.19. The van der Waals surface area contributed by atoms with Crippen LogP contribution in [0, 0.1) is 12.7 Å². The Kier molecular flexibility index (Phi) is 4.17. The number of benzene rings is 1. The van der Waals surface area contributed by atoms with Crippen molar-refractivity contribution in [1.82, 2.24) is 0 Å². The van der Waals surface area contributed by atoms with Gasteiger partial charge in [-0.25, -0.2) is 8.78 Å². The van der Waals surface area contributed by atoms with E-state index in [-0.39, 0.29) is 5.56 Å². The number of hydrogen-bond donors (Lipinski definition) is 2. The summed E-state index contributed by atoms with van der Waals surface area (Å²) in [5, 5.41) is 9.59. The van der Waals surface area contributed by atoms with E-state index < -0.39 is 18.6 Å². The van der Waals surface area contributed by atoms with Crippen LogP contribution in [0.15, 0.2) is 12.1 Å². The van der Waals surface area contributed by atoms with Crippen molar-refractivity contribution in [3.05, 3.63) is 34.6 Å². The molecular weight excluding hydrogens is 200 g/mol. The number of alkyl halides is 1. The van der Waals surface area contributed by atoms with E-state index in [1.54, 1.807) is 13.0 Å². The highest BCUT2D eigenvalue weighted by molar-refractivity contribution is 5.33. The quantitative estimate of drug-likeness (QED) is 0.806. The van der Waals surface area contributed by atoms with E-state index in [4.69, 9.17) is 5.73 Å². The van der Waals surface area contributed by atoms with E-state index in [9.17, 15) is 13.9 Å². The third kappa shape index (κ3) is 2.73. The van der Waals surface area contributed by atoms with Crippen LogP contribution in [-0.2, 0) is 6.67 Å². The van der Waals surface area contributed by atoms with Crippen molar-refractivity contribution in [1.29, 1.82) is 0 Å². The fourth-order valence-corrected chi connectivity index (χ4v) is 1.49. The molecule has 0 saturated carbocycles. The van der Waals surface area contributed by atoms with Gasteiger partial charge in [-0.2, -0.15) is 0 Å². The van der Waals surface area contributed by atoms with Crippen molar-refractivity contribution in [2.45, 2.75) is 26.1 Å². The van der Waals surface area contributed by atoms with Crippen LogP contribution >= 0.6 is 0 Å². The van der Waals surface area contributed by atoms with Gasteiger partial charge in [-0.15, -0.1) is 0 Å². The van der Waals surface area contributed by atoms with E-state index >= 15 is 0 Å². The Balaban J connectivity index is 3.02. The molecule has 0 aliphatic rings. The fourth-order valence-electron chi connectivity index (χ4n) is 1.49. The lowest BCUT2D eigenvalue weighted by Crippen LogP contribution is -2.08. The summed E-state index contributed by atoms with van der Waals surface area (Å²) in [6.07, 6.45) is -0.412. The highest BCUT2D eigenvalue weighted by atomic mass is 19.1. The number of halogens is 2. The fraction of sp³-hybridized carbons (Fsp3) is 0.455. The Morgan fingerprint density at radius 3 is 2.60 bits per heavy atom. The van der Waals surface area contributed by atoms with E-state index in [0.29, 0.717) is 24.1 Å². The molecule has 0 fully saturated rings. The first kappa shape index (κ1) is 12.1. The standard InChI is InChI=1S/C11H15F2NO/c1-7-4-8(11(15)2-3-14)5-10(13)9(7)6-12/h4-5,11,15H,2-3,6,14H2,1H3.